The van der Waals surface area contributed by atoms with Crippen LogP contribution in [-0.4, -0.2) is 28.2 Å². The van der Waals surface area contributed by atoms with Crippen molar-refractivity contribution < 1.29 is 15.0 Å². The lowest BCUT2D eigenvalue weighted by Gasteiger charge is -2.16. The Labute approximate surface area is 88.4 Å². The third-order valence-corrected chi connectivity index (χ3v) is 2.95. The van der Waals surface area contributed by atoms with Crippen LogP contribution in [0.15, 0.2) is 30.3 Å². The van der Waals surface area contributed by atoms with Gasteiger partial charge >= 0.3 is 0 Å². The third-order valence-electron chi connectivity index (χ3n) is 2.95. The Balaban J connectivity index is 2.21. The number of rotatable bonds is 2. The standard InChI is InChI=1S/C12H14O3/c13-9-6-7-10(14)11(9)12(15)8-4-2-1-3-5-8/h1-5,9-11,13-14H,6-7H2. The van der Waals surface area contributed by atoms with E-state index in [2.05, 4.69) is 0 Å². The summed E-state index contributed by atoms with van der Waals surface area (Å²) in [4.78, 5) is 11.9. The first kappa shape index (κ1) is 10.3. The van der Waals surface area contributed by atoms with Crippen LogP contribution in [0.2, 0.25) is 0 Å². The van der Waals surface area contributed by atoms with Crippen molar-refractivity contribution >= 4 is 5.78 Å². The average Bonchev–Trinajstić information content (AvgIpc) is 2.59. The summed E-state index contributed by atoms with van der Waals surface area (Å²) in [5, 5.41) is 19.2. The molecule has 0 bridgehead atoms. The van der Waals surface area contributed by atoms with E-state index < -0.39 is 18.1 Å². The molecule has 15 heavy (non-hydrogen) atoms. The molecule has 0 radical (unpaired) electrons. The second-order valence-electron chi connectivity index (χ2n) is 3.97. The van der Waals surface area contributed by atoms with Gasteiger partial charge in [0.15, 0.2) is 5.78 Å². The van der Waals surface area contributed by atoms with Gasteiger partial charge in [-0.2, -0.15) is 0 Å². The lowest BCUT2D eigenvalue weighted by molar-refractivity contribution is 0.0496. The van der Waals surface area contributed by atoms with E-state index in [4.69, 9.17) is 0 Å². The molecular weight excluding hydrogens is 192 g/mol. The molecule has 0 amide bonds. The van der Waals surface area contributed by atoms with Crippen LogP contribution < -0.4 is 0 Å². The van der Waals surface area contributed by atoms with Gasteiger partial charge in [-0.05, 0) is 12.8 Å². The molecule has 1 aliphatic rings. The first-order valence-electron chi connectivity index (χ1n) is 5.15. The first-order chi connectivity index (χ1) is 7.20. The number of carbonyl (C=O) groups excluding carboxylic acids is 1. The molecule has 2 unspecified atom stereocenters. The highest BCUT2D eigenvalue weighted by molar-refractivity contribution is 5.98. The predicted octanol–water partition coefficient (Wildman–Crippen LogP) is 1.00. The van der Waals surface area contributed by atoms with Crippen molar-refractivity contribution in [1.82, 2.24) is 0 Å². The number of aliphatic hydroxyl groups is 2. The largest absolute Gasteiger partial charge is 0.392 e. The Morgan fingerprint density at radius 3 is 2.13 bits per heavy atom. The van der Waals surface area contributed by atoms with E-state index in [-0.39, 0.29) is 5.78 Å². The summed E-state index contributed by atoms with van der Waals surface area (Å²) >= 11 is 0. The van der Waals surface area contributed by atoms with Crippen LogP contribution in [-0.2, 0) is 0 Å². The third kappa shape index (κ3) is 1.94. The van der Waals surface area contributed by atoms with E-state index in [0.717, 1.165) is 0 Å². The molecule has 1 aromatic carbocycles. The van der Waals surface area contributed by atoms with Crippen molar-refractivity contribution in [2.45, 2.75) is 25.0 Å². The first-order valence-corrected chi connectivity index (χ1v) is 5.15. The Hall–Kier alpha value is -1.19. The van der Waals surface area contributed by atoms with Gasteiger partial charge in [0.25, 0.3) is 0 Å². The number of hydrogen-bond donors (Lipinski definition) is 2. The SMILES string of the molecule is O=C(c1ccccc1)C1C(O)CCC1O. The molecule has 0 heterocycles. The monoisotopic (exact) mass is 206 g/mol. The molecule has 3 nitrogen and oxygen atoms in total. The Kier molecular flexibility index (Phi) is 2.84. The second kappa shape index (κ2) is 4.13. The van der Waals surface area contributed by atoms with E-state index in [1.807, 2.05) is 6.07 Å². The molecule has 2 N–H and O–H groups in total. The van der Waals surface area contributed by atoms with Crippen molar-refractivity contribution in [3.05, 3.63) is 35.9 Å². The van der Waals surface area contributed by atoms with Gasteiger partial charge in [0.05, 0.1) is 18.1 Å². The number of Topliss-reactive ketones (excluding diaryl/α,β-unsaturated/α-hetero) is 1. The number of carbonyl (C=O) groups is 1. The molecule has 2 atom stereocenters. The van der Waals surface area contributed by atoms with Crippen molar-refractivity contribution in [2.75, 3.05) is 0 Å². The topological polar surface area (TPSA) is 57.5 Å². The van der Waals surface area contributed by atoms with Gasteiger partial charge in [0.1, 0.15) is 0 Å². The summed E-state index contributed by atoms with van der Waals surface area (Å²) < 4.78 is 0. The average molecular weight is 206 g/mol. The zero-order valence-electron chi connectivity index (χ0n) is 8.34. The zero-order chi connectivity index (χ0) is 10.8. The lowest BCUT2D eigenvalue weighted by Crippen LogP contribution is -2.31. The smallest absolute Gasteiger partial charge is 0.171 e. The molecule has 0 aliphatic heterocycles. The van der Waals surface area contributed by atoms with Gasteiger partial charge in [-0.15, -0.1) is 0 Å². The van der Waals surface area contributed by atoms with Crippen LogP contribution in [0, 0.1) is 5.92 Å². The van der Waals surface area contributed by atoms with E-state index in [9.17, 15) is 15.0 Å². The summed E-state index contributed by atoms with van der Waals surface area (Å²) in [6.07, 6.45) is -0.394. The number of hydrogen-bond acceptors (Lipinski definition) is 3. The molecular formula is C12H14O3. The van der Waals surface area contributed by atoms with Gasteiger partial charge in [-0.1, -0.05) is 30.3 Å². The van der Waals surface area contributed by atoms with Crippen molar-refractivity contribution in [3.63, 3.8) is 0 Å². The summed E-state index contributed by atoms with van der Waals surface area (Å²) in [6.45, 7) is 0. The molecule has 2 rings (SSSR count). The van der Waals surface area contributed by atoms with Crippen molar-refractivity contribution in [3.8, 4) is 0 Å². The van der Waals surface area contributed by atoms with Gasteiger partial charge in [-0.25, -0.2) is 0 Å². The number of aliphatic hydroxyl groups excluding tert-OH is 2. The zero-order valence-corrected chi connectivity index (χ0v) is 8.34. The maximum Gasteiger partial charge on any atom is 0.171 e. The van der Waals surface area contributed by atoms with Gasteiger partial charge < -0.3 is 10.2 Å². The maximum absolute atomic E-state index is 11.9. The van der Waals surface area contributed by atoms with Crippen LogP contribution in [0.25, 0.3) is 0 Å². The highest BCUT2D eigenvalue weighted by Gasteiger charge is 2.39. The van der Waals surface area contributed by atoms with Crippen LogP contribution >= 0.6 is 0 Å². The molecule has 1 saturated carbocycles. The molecule has 1 aliphatic carbocycles. The summed E-state index contributed by atoms with van der Waals surface area (Å²) in [7, 11) is 0. The predicted molar refractivity (Wildman–Crippen MR) is 55.5 cm³/mol. The lowest BCUT2D eigenvalue weighted by atomic mass is 9.93. The molecule has 80 valence electrons. The Morgan fingerprint density at radius 1 is 1.07 bits per heavy atom. The fourth-order valence-corrected chi connectivity index (χ4v) is 2.10. The van der Waals surface area contributed by atoms with Crippen LogP contribution in [0.5, 0.6) is 0 Å². The Bertz CT molecular complexity index is 337. The summed E-state index contributed by atoms with van der Waals surface area (Å²) in [5.41, 5.74) is 0.558. The van der Waals surface area contributed by atoms with Crippen LogP contribution in [0.3, 0.4) is 0 Å². The van der Waals surface area contributed by atoms with Gasteiger partial charge in [0, 0.05) is 5.56 Å². The van der Waals surface area contributed by atoms with E-state index in [0.29, 0.717) is 18.4 Å². The van der Waals surface area contributed by atoms with E-state index >= 15 is 0 Å². The number of benzene rings is 1. The molecule has 1 aromatic rings. The fourth-order valence-electron chi connectivity index (χ4n) is 2.10. The second-order valence-corrected chi connectivity index (χ2v) is 3.97. The summed E-state index contributed by atoms with van der Waals surface area (Å²) in [5.74, 6) is -0.805. The van der Waals surface area contributed by atoms with Crippen LogP contribution in [0.4, 0.5) is 0 Å². The maximum atomic E-state index is 11.9. The van der Waals surface area contributed by atoms with Crippen molar-refractivity contribution in [2.24, 2.45) is 5.92 Å². The molecule has 0 saturated heterocycles. The van der Waals surface area contributed by atoms with E-state index in [1.165, 1.54) is 0 Å². The van der Waals surface area contributed by atoms with Gasteiger partial charge in [-0.3, -0.25) is 4.79 Å². The van der Waals surface area contributed by atoms with Crippen LogP contribution in [0.1, 0.15) is 23.2 Å². The highest BCUT2D eigenvalue weighted by Crippen LogP contribution is 2.29. The molecule has 1 fully saturated rings. The normalized spacial score (nSPS) is 30.4. The molecule has 0 aromatic heterocycles. The summed E-state index contributed by atoms with van der Waals surface area (Å²) in [6, 6.07) is 8.81. The Morgan fingerprint density at radius 2 is 1.60 bits per heavy atom. The minimum absolute atomic E-state index is 0.159. The number of ketones is 1. The quantitative estimate of drug-likeness (QED) is 0.710. The fraction of sp³-hybridized carbons (Fsp3) is 0.417. The minimum atomic E-state index is -0.701. The van der Waals surface area contributed by atoms with E-state index in [1.54, 1.807) is 24.3 Å². The minimum Gasteiger partial charge on any atom is -0.392 e. The van der Waals surface area contributed by atoms with Gasteiger partial charge in [0.2, 0.25) is 0 Å². The molecule has 0 spiro atoms. The highest BCUT2D eigenvalue weighted by atomic mass is 16.3. The molecule has 3 heteroatoms. The van der Waals surface area contributed by atoms with Crippen molar-refractivity contribution in [1.29, 1.82) is 0 Å².